The first-order valence-corrected chi connectivity index (χ1v) is 11.4. The van der Waals surface area contributed by atoms with Crippen LogP contribution in [0.2, 0.25) is 0 Å². The number of barbiturate groups is 1. The summed E-state index contributed by atoms with van der Waals surface area (Å²) < 4.78 is 10.4. The number of benzene rings is 2. The Labute approximate surface area is 198 Å². The molecule has 3 heterocycles. The van der Waals surface area contributed by atoms with Crippen LogP contribution in [0, 0.1) is 5.41 Å². The number of piperazine rings is 1. The molecule has 0 saturated carbocycles. The lowest BCUT2D eigenvalue weighted by Crippen LogP contribution is -2.75. The number of methoxy groups -OCH3 is 2. The van der Waals surface area contributed by atoms with Crippen LogP contribution in [0.1, 0.15) is 5.56 Å². The van der Waals surface area contributed by atoms with Gasteiger partial charge in [-0.15, -0.1) is 0 Å². The summed E-state index contributed by atoms with van der Waals surface area (Å²) in [5.74, 6) is -0.226. The summed E-state index contributed by atoms with van der Waals surface area (Å²) in [6, 6.07) is 14.5. The van der Waals surface area contributed by atoms with Gasteiger partial charge in [-0.1, -0.05) is 18.2 Å². The average Bonchev–Trinajstić information content (AvgIpc) is 2.87. The van der Waals surface area contributed by atoms with E-state index in [1.54, 1.807) is 7.11 Å². The molecule has 1 N–H and O–H groups in total. The maximum absolute atomic E-state index is 13.9. The number of carbonyl (C=O) groups excluding carboxylic acids is 3. The Morgan fingerprint density at radius 1 is 1.03 bits per heavy atom. The van der Waals surface area contributed by atoms with Crippen molar-refractivity contribution in [2.24, 2.45) is 5.41 Å². The van der Waals surface area contributed by atoms with Crippen LogP contribution in [0.15, 0.2) is 48.5 Å². The summed E-state index contributed by atoms with van der Waals surface area (Å²) in [7, 11) is 3.14. The van der Waals surface area contributed by atoms with Crippen molar-refractivity contribution in [3.8, 4) is 5.75 Å². The van der Waals surface area contributed by atoms with Gasteiger partial charge < -0.3 is 19.3 Å². The van der Waals surface area contributed by atoms with Gasteiger partial charge in [0.05, 0.1) is 26.3 Å². The second-order valence-corrected chi connectivity index (χ2v) is 8.84. The summed E-state index contributed by atoms with van der Waals surface area (Å²) in [5, 5.41) is 2.47. The van der Waals surface area contributed by atoms with E-state index in [4.69, 9.17) is 9.47 Å². The lowest BCUT2D eigenvalue weighted by atomic mass is 9.67. The smallest absolute Gasteiger partial charge is 0.330 e. The predicted molar refractivity (Wildman–Crippen MR) is 126 cm³/mol. The fourth-order valence-electron chi connectivity index (χ4n) is 5.42. The van der Waals surface area contributed by atoms with Gasteiger partial charge in [0, 0.05) is 38.1 Å². The molecule has 5 rings (SSSR count). The Hall–Kier alpha value is -3.59. The third kappa shape index (κ3) is 3.38. The minimum Gasteiger partial charge on any atom is -0.497 e. The molecule has 2 aromatic carbocycles. The van der Waals surface area contributed by atoms with E-state index in [1.165, 1.54) is 7.11 Å². The zero-order valence-corrected chi connectivity index (χ0v) is 19.3. The molecule has 0 bridgehead atoms. The zero-order chi connectivity index (χ0) is 23.9. The van der Waals surface area contributed by atoms with Crippen LogP contribution in [-0.2, 0) is 20.7 Å². The van der Waals surface area contributed by atoms with Crippen molar-refractivity contribution in [2.45, 2.75) is 12.5 Å². The minimum absolute atomic E-state index is 0.0900. The molecule has 3 aliphatic heterocycles. The highest BCUT2D eigenvalue weighted by molar-refractivity contribution is 6.20. The maximum Gasteiger partial charge on any atom is 0.330 e. The first kappa shape index (κ1) is 22.2. The average molecular weight is 465 g/mol. The lowest BCUT2D eigenvalue weighted by Gasteiger charge is -2.55. The molecule has 9 nitrogen and oxygen atoms in total. The Balaban J connectivity index is 1.57. The van der Waals surface area contributed by atoms with E-state index >= 15 is 0 Å². The molecule has 0 aromatic heterocycles. The fourth-order valence-corrected chi connectivity index (χ4v) is 5.42. The van der Waals surface area contributed by atoms with Gasteiger partial charge in [0.15, 0.2) is 5.41 Å². The number of hydrogen-bond acceptors (Lipinski definition) is 7. The van der Waals surface area contributed by atoms with E-state index in [1.807, 2.05) is 48.5 Å². The molecule has 2 fully saturated rings. The molecular weight excluding hydrogens is 436 g/mol. The molecule has 0 aliphatic carbocycles. The highest BCUT2D eigenvalue weighted by Crippen LogP contribution is 2.46. The van der Waals surface area contributed by atoms with Crippen molar-refractivity contribution in [3.05, 3.63) is 54.1 Å². The highest BCUT2D eigenvalue weighted by Gasteiger charge is 2.62. The van der Waals surface area contributed by atoms with Crippen molar-refractivity contribution < 1.29 is 23.9 Å². The van der Waals surface area contributed by atoms with Crippen LogP contribution in [0.25, 0.3) is 0 Å². The summed E-state index contributed by atoms with van der Waals surface area (Å²) in [6.07, 6.45) is 0.238. The summed E-state index contributed by atoms with van der Waals surface area (Å²) in [5.41, 5.74) is 1.54. The second kappa shape index (κ2) is 8.64. The van der Waals surface area contributed by atoms with Crippen LogP contribution < -0.4 is 19.9 Å². The van der Waals surface area contributed by atoms with Crippen molar-refractivity contribution in [3.63, 3.8) is 0 Å². The predicted octanol–water partition coefficient (Wildman–Crippen LogP) is 1.66. The molecule has 2 saturated heterocycles. The molecule has 3 aliphatic rings. The molecule has 9 heteroatoms. The van der Waals surface area contributed by atoms with Gasteiger partial charge in [-0.05, 0) is 42.3 Å². The van der Waals surface area contributed by atoms with Crippen molar-refractivity contribution >= 4 is 29.2 Å². The van der Waals surface area contributed by atoms with E-state index in [-0.39, 0.29) is 19.6 Å². The second-order valence-electron chi connectivity index (χ2n) is 8.84. The largest absolute Gasteiger partial charge is 0.497 e. The molecular formula is C25H28N4O5. The SMILES string of the molecule is COCCN1C(=O)NC(=O)[C@@]2(Cc3ccccc3N3CCN(c4ccc(OC)cc4)C[C@H]32)C1=O. The number of nitrogens with one attached hydrogen (secondary N) is 1. The number of nitrogens with zero attached hydrogens (tertiary/aromatic N) is 3. The molecule has 34 heavy (non-hydrogen) atoms. The number of fused-ring (bicyclic) bond motifs is 4. The van der Waals surface area contributed by atoms with Crippen LogP contribution in [0.4, 0.5) is 16.2 Å². The third-order valence-corrected chi connectivity index (χ3v) is 7.17. The number of hydrogen-bond donors (Lipinski definition) is 1. The van der Waals surface area contributed by atoms with Crippen LogP contribution in [0.5, 0.6) is 5.75 Å². The number of ether oxygens (including phenoxy) is 2. The van der Waals surface area contributed by atoms with Gasteiger partial charge in [-0.2, -0.15) is 0 Å². The van der Waals surface area contributed by atoms with E-state index in [9.17, 15) is 14.4 Å². The molecule has 4 amide bonds. The summed E-state index contributed by atoms with van der Waals surface area (Å²) in [6.45, 7) is 2.13. The number of amides is 4. The van der Waals surface area contributed by atoms with Crippen molar-refractivity contribution in [1.29, 1.82) is 0 Å². The fraction of sp³-hybridized carbons (Fsp3) is 0.400. The molecule has 178 valence electrons. The first-order chi connectivity index (χ1) is 16.5. The van der Waals surface area contributed by atoms with Gasteiger partial charge in [-0.25, -0.2) is 4.79 Å². The van der Waals surface area contributed by atoms with Gasteiger partial charge in [-0.3, -0.25) is 19.8 Å². The topological polar surface area (TPSA) is 91.4 Å². The van der Waals surface area contributed by atoms with Crippen LogP contribution in [-0.4, -0.2) is 75.8 Å². The van der Waals surface area contributed by atoms with Gasteiger partial charge in [0.1, 0.15) is 5.75 Å². The minimum atomic E-state index is -1.42. The van der Waals surface area contributed by atoms with Gasteiger partial charge in [0.25, 0.3) is 0 Å². The molecule has 0 radical (unpaired) electrons. The normalized spacial score (nSPS) is 24.1. The maximum atomic E-state index is 13.9. The van der Waals surface area contributed by atoms with Crippen molar-refractivity contribution in [2.75, 3.05) is 56.8 Å². The quantitative estimate of drug-likeness (QED) is 0.673. The van der Waals surface area contributed by atoms with Crippen LogP contribution >= 0.6 is 0 Å². The zero-order valence-electron chi connectivity index (χ0n) is 19.3. The third-order valence-electron chi connectivity index (χ3n) is 7.17. The molecule has 2 atom stereocenters. The Morgan fingerprint density at radius 2 is 1.79 bits per heavy atom. The highest BCUT2D eigenvalue weighted by atomic mass is 16.5. The number of imide groups is 2. The van der Waals surface area contributed by atoms with Gasteiger partial charge in [0.2, 0.25) is 11.8 Å². The van der Waals surface area contributed by atoms with Crippen LogP contribution in [0.3, 0.4) is 0 Å². The Bertz CT molecular complexity index is 1120. The number of urea groups is 1. The van der Waals surface area contributed by atoms with E-state index < -0.39 is 29.3 Å². The van der Waals surface area contributed by atoms with E-state index in [0.717, 1.165) is 34.1 Å². The number of rotatable bonds is 5. The monoisotopic (exact) mass is 464 g/mol. The number of para-hydroxylation sites is 1. The van der Waals surface area contributed by atoms with E-state index in [2.05, 4.69) is 15.1 Å². The lowest BCUT2D eigenvalue weighted by molar-refractivity contribution is -0.154. The Kier molecular flexibility index (Phi) is 5.65. The van der Waals surface area contributed by atoms with E-state index in [0.29, 0.717) is 13.1 Å². The van der Waals surface area contributed by atoms with Crippen molar-refractivity contribution in [1.82, 2.24) is 10.2 Å². The summed E-state index contributed by atoms with van der Waals surface area (Å²) >= 11 is 0. The number of anilines is 2. The molecule has 2 aromatic rings. The standard InChI is InChI=1S/C25H28N4O5/c1-33-14-13-29-23(31)25(22(30)26-24(29)32)15-17-5-3-4-6-20(17)28-12-11-27(16-21(25)28)18-7-9-19(34-2)10-8-18/h3-10,21H,11-16H2,1-2H3,(H,26,30,32)/t21-,25-/m0/s1. The molecule has 1 spiro atoms. The number of carbonyl (C=O) groups is 3. The summed E-state index contributed by atoms with van der Waals surface area (Å²) in [4.78, 5) is 45.5. The first-order valence-electron chi connectivity index (χ1n) is 11.4. The molecule has 0 unspecified atom stereocenters. The Morgan fingerprint density at radius 3 is 2.53 bits per heavy atom. The van der Waals surface area contributed by atoms with Gasteiger partial charge >= 0.3 is 6.03 Å².